The molecule has 0 spiro atoms. The van der Waals surface area contributed by atoms with Crippen LogP contribution in [-0.4, -0.2) is 20.4 Å². The highest BCUT2D eigenvalue weighted by molar-refractivity contribution is 6.80. The Morgan fingerprint density at radius 1 is 1.20 bits per heavy atom. The minimum atomic E-state index is -1.58. The third-order valence-corrected chi connectivity index (χ3v) is 4.30. The first kappa shape index (κ1) is 10.2. The Bertz CT molecular complexity index is 372. The fourth-order valence-corrected chi connectivity index (χ4v) is 3.48. The molecular weight excluding hydrogens is 206 g/mol. The molecule has 1 aromatic carbocycles. The van der Waals surface area contributed by atoms with Gasteiger partial charge in [0.25, 0.3) is 6.23 Å². The molecule has 0 aromatic heterocycles. The van der Waals surface area contributed by atoms with Crippen molar-refractivity contribution in [3.05, 3.63) is 30.3 Å². The number of carbonyl (C=O) groups is 1. The Hall–Kier alpha value is -1.29. The number of epoxide rings is 1. The van der Waals surface area contributed by atoms with Gasteiger partial charge in [-0.3, -0.25) is 0 Å². The fraction of sp³-hybridized carbons (Fsp3) is 0.364. The van der Waals surface area contributed by atoms with Crippen LogP contribution in [0.3, 0.4) is 0 Å². The number of carbonyl (C=O) groups excluding carboxylic acids is 1. The molecule has 15 heavy (non-hydrogen) atoms. The Kier molecular flexibility index (Phi) is 2.30. The molecule has 2 rings (SSSR count). The summed E-state index contributed by atoms with van der Waals surface area (Å²) in [5, 5.41) is 0. The average molecular weight is 221 g/mol. The molecule has 1 aliphatic heterocycles. The lowest BCUT2D eigenvalue weighted by atomic mass is 10.3. The molecule has 0 N–H and O–H groups in total. The molecule has 1 unspecified atom stereocenters. The smallest absolute Gasteiger partial charge is 0.370 e. The second kappa shape index (κ2) is 3.38. The number of ether oxygens (including phenoxy) is 1. The van der Waals surface area contributed by atoms with E-state index in [9.17, 15) is 4.79 Å². The standard InChI is InChI=1S/C11H15NO2Si/c1-15(2,3)12(10-11(13)14-10)9-7-5-4-6-8-9/h4-8,10H,1-3H3. The minimum Gasteiger partial charge on any atom is -0.426 e. The number of anilines is 1. The summed E-state index contributed by atoms with van der Waals surface area (Å²) >= 11 is 0. The molecule has 0 saturated carbocycles. The summed E-state index contributed by atoms with van der Waals surface area (Å²) < 4.78 is 7.12. The first-order valence-corrected chi connectivity index (χ1v) is 8.50. The first-order valence-electron chi connectivity index (χ1n) is 5.05. The van der Waals surface area contributed by atoms with Gasteiger partial charge in [-0.25, -0.2) is 4.79 Å². The van der Waals surface area contributed by atoms with Crippen LogP contribution >= 0.6 is 0 Å². The lowest BCUT2D eigenvalue weighted by Gasteiger charge is -2.33. The molecule has 0 radical (unpaired) electrons. The van der Waals surface area contributed by atoms with Crippen LogP contribution in [0, 0.1) is 0 Å². The van der Waals surface area contributed by atoms with Crippen LogP contribution in [0.15, 0.2) is 30.3 Å². The number of hydrogen-bond donors (Lipinski definition) is 0. The lowest BCUT2D eigenvalue weighted by molar-refractivity contribution is -0.117. The molecule has 80 valence electrons. The van der Waals surface area contributed by atoms with Gasteiger partial charge in [0.15, 0.2) is 8.24 Å². The van der Waals surface area contributed by atoms with Crippen LogP contribution in [0.1, 0.15) is 0 Å². The van der Waals surface area contributed by atoms with E-state index < -0.39 is 8.24 Å². The maximum atomic E-state index is 11.1. The third kappa shape index (κ3) is 2.04. The Morgan fingerprint density at radius 3 is 2.13 bits per heavy atom. The largest absolute Gasteiger partial charge is 0.426 e. The molecule has 1 aliphatic rings. The predicted octanol–water partition coefficient (Wildman–Crippen LogP) is 2.21. The summed E-state index contributed by atoms with van der Waals surface area (Å²) in [6.07, 6.45) is -0.334. The monoisotopic (exact) mass is 221 g/mol. The van der Waals surface area contributed by atoms with Crippen LogP contribution in [0.25, 0.3) is 0 Å². The molecule has 1 heterocycles. The van der Waals surface area contributed by atoms with E-state index in [0.29, 0.717) is 0 Å². The van der Waals surface area contributed by atoms with Crippen molar-refractivity contribution in [3.8, 4) is 0 Å². The van der Waals surface area contributed by atoms with Gasteiger partial charge in [-0.05, 0) is 12.1 Å². The zero-order chi connectivity index (χ0) is 11.1. The van der Waals surface area contributed by atoms with E-state index in [1.165, 1.54) is 0 Å². The van der Waals surface area contributed by atoms with Crippen LogP contribution in [0.5, 0.6) is 0 Å². The van der Waals surface area contributed by atoms with Crippen molar-refractivity contribution in [1.29, 1.82) is 0 Å². The summed E-state index contributed by atoms with van der Waals surface area (Å²) in [7, 11) is -1.58. The lowest BCUT2D eigenvalue weighted by Crippen LogP contribution is -2.48. The molecule has 0 amide bonds. The van der Waals surface area contributed by atoms with E-state index in [0.717, 1.165) is 5.69 Å². The maximum Gasteiger partial charge on any atom is 0.370 e. The Balaban J connectivity index is 2.32. The summed E-state index contributed by atoms with van der Waals surface area (Å²) in [6.45, 7) is 6.61. The van der Waals surface area contributed by atoms with E-state index >= 15 is 0 Å². The van der Waals surface area contributed by atoms with E-state index in [1.807, 2.05) is 30.3 Å². The average Bonchev–Trinajstić information content (AvgIpc) is 2.82. The SMILES string of the molecule is C[Si](C)(C)N(c1ccccc1)C1OC1=O. The Labute approximate surface area is 90.7 Å². The van der Waals surface area contributed by atoms with Gasteiger partial charge in [0.1, 0.15) is 0 Å². The molecule has 1 atom stereocenters. The van der Waals surface area contributed by atoms with E-state index in [-0.39, 0.29) is 12.2 Å². The molecular formula is C11H15NO2Si. The number of benzene rings is 1. The van der Waals surface area contributed by atoms with Crippen LogP contribution < -0.4 is 4.57 Å². The predicted molar refractivity (Wildman–Crippen MR) is 62.1 cm³/mol. The van der Waals surface area contributed by atoms with Crippen molar-refractivity contribution >= 4 is 19.9 Å². The molecule has 1 aromatic rings. The minimum absolute atomic E-state index is 0.110. The van der Waals surface area contributed by atoms with Gasteiger partial charge in [-0.1, -0.05) is 37.8 Å². The first-order chi connectivity index (χ1) is 7.00. The van der Waals surface area contributed by atoms with Crippen molar-refractivity contribution in [2.45, 2.75) is 25.9 Å². The van der Waals surface area contributed by atoms with Crippen molar-refractivity contribution in [2.24, 2.45) is 0 Å². The molecule has 3 nitrogen and oxygen atoms in total. The second-order valence-electron chi connectivity index (χ2n) is 4.67. The topological polar surface area (TPSA) is 32.8 Å². The number of cyclic esters (lactones) is 1. The van der Waals surface area contributed by atoms with Gasteiger partial charge >= 0.3 is 5.97 Å². The van der Waals surface area contributed by atoms with Gasteiger partial charge in [0.2, 0.25) is 0 Å². The van der Waals surface area contributed by atoms with Crippen LogP contribution in [0.2, 0.25) is 19.6 Å². The van der Waals surface area contributed by atoms with Gasteiger partial charge in [-0.2, -0.15) is 0 Å². The van der Waals surface area contributed by atoms with E-state index in [1.54, 1.807) is 0 Å². The summed E-state index contributed by atoms with van der Waals surface area (Å²) in [6, 6.07) is 9.98. The zero-order valence-corrected chi connectivity index (χ0v) is 10.2. The van der Waals surface area contributed by atoms with Crippen LogP contribution in [0.4, 0.5) is 5.69 Å². The number of hydrogen-bond acceptors (Lipinski definition) is 3. The zero-order valence-electron chi connectivity index (χ0n) is 9.23. The second-order valence-corrected chi connectivity index (χ2v) is 9.49. The fourth-order valence-electron chi connectivity index (χ4n) is 1.70. The van der Waals surface area contributed by atoms with Gasteiger partial charge in [0.05, 0.1) is 0 Å². The van der Waals surface area contributed by atoms with Gasteiger partial charge < -0.3 is 9.30 Å². The van der Waals surface area contributed by atoms with Gasteiger partial charge in [-0.15, -0.1) is 0 Å². The normalized spacial score (nSPS) is 19.7. The molecule has 1 saturated heterocycles. The van der Waals surface area contributed by atoms with Crippen LogP contribution in [-0.2, 0) is 9.53 Å². The van der Waals surface area contributed by atoms with Gasteiger partial charge in [0, 0.05) is 5.69 Å². The number of rotatable bonds is 3. The van der Waals surface area contributed by atoms with Crippen molar-refractivity contribution < 1.29 is 9.53 Å². The van der Waals surface area contributed by atoms with E-state index in [2.05, 4.69) is 24.2 Å². The summed E-state index contributed by atoms with van der Waals surface area (Å²) in [5.41, 5.74) is 1.08. The molecule has 4 heteroatoms. The summed E-state index contributed by atoms with van der Waals surface area (Å²) in [5.74, 6) is -0.110. The highest BCUT2D eigenvalue weighted by Crippen LogP contribution is 2.30. The molecule has 1 fully saturated rings. The van der Waals surface area contributed by atoms with Crippen molar-refractivity contribution in [2.75, 3.05) is 4.57 Å². The van der Waals surface area contributed by atoms with Crippen molar-refractivity contribution in [3.63, 3.8) is 0 Å². The highest BCUT2D eigenvalue weighted by Gasteiger charge is 2.48. The highest BCUT2D eigenvalue weighted by atomic mass is 28.3. The molecule has 0 bridgehead atoms. The van der Waals surface area contributed by atoms with Crippen molar-refractivity contribution in [1.82, 2.24) is 0 Å². The Morgan fingerprint density at radius 2 is 1.73 bits per heavy atom. The number of nitrogens with zero attached hydrogens (tertiary/aromatic N) is 1. The molecule has 0 aliphatic carbocycles. The van der Waals surface area contributed by atoms with E-state index in [4.69, 9.17) is 4.74 Å². The summed E-state index contributed by atoms with van der Waals surface area (Å²) in [4.78, 5) is 11.1. The number of para-hydroxylation sites is 1. The quantitative estimate of drug-likeness (QED) is 0.579. The third-order valence-electron chi connectivity index (χ3n) is 2.36. The maximum absolute atomic E-state index is 11.1.